The second kappa shape index (κ2) is 15.8. The second-order valence-corrected chi connectivity index (χ2v) is 18.5. The highest BCUT2D eigenvalue weighted by atomic mass is 16.5. The molecule has 0 spiro atoms. The smallest absolute Gasteiger partial charge is 0.255 e. The lowest BCUT2D eigenvalue weighted by molar-refractivity contribution is -0.163. The van der Waals surface area contributed by atoms with E-state index in [0.717, 1.165) is 81.1 Å². The van der Waals surface area contributed by atoms with Crippen molar-refractivity contribution in [3.63, 3.8) is 0 Å². The molecule has 61 heavy (non-hydrogen) atoms. The van der Waals surface area contributed by atoms with Crippen molar-refractivity contribution in [3.8, 4) is 5.75 Å². The molecule has 1 atom stereocenters. The lowest BCUT2D eigenvalue weighted by Crippen LogP contribution is -2.74. The number of anilines is 2. The van der Waals surface area contributed by atoms with Gasteiger partial charge in [0.15, 0.2) is 0 Å². The van der Waals surface area contributed by atoms with Crippen LogP contribution in [-0.4, -0.2) is 107 Å². The molecular formula is C47H53N9O5. The van der Waals surface area contributed by atoms with Crippen LogP contribution < -0.4 is 25.2 Å². The molecule has 4 aliphatic heterocycles. The van der Waals surface area contributed by atoms with Crippen molar-refractivity contribution in [2.75, 3.05) is 55.6 Å². The molecule has 9 rings (SSSR count). The number of amides is 4. The molecule has 2 aromatic carbocycles. The lowest BCUT2D eigenvalue weighted by Gasteiger charge is -2.63. The molecule has 3 saturated heterocycles. The SMILES string of the molecule is [C-]#[N+]c1ccc(OC2C(C)(C)C(NC(=O)c3ccc(N4CCC(CN5CCN(c6ccc7c(c6)CN([C@H]6CCC(=O)NC6=O)C7=O)CC5)CC4)nc3)C2(C)C)c2cccnc12. The summed E-state index contributed by atoms with van der Waals surface area (Å²) in [6.45, 7) is 23.1. The Morgan fingerprint density at radius 2 is 1.69 bits per heavy atom. The summed E-state index contributed by atoms with van der Waals surface area (Å²) in [5.74, 6) is 1.22. The fourth-order valence-corrected chi connectivity index (χ4v) is 10.8. The van der Waals surface area contributed by atoms with Gasteiger partial charge in [-0.15, -0.1) is 0 Å². The summed E-state index contributed by atoms with van der Waals surface area (Å²) in [6, 6.07) is 16.5. The molecule has 14 heteroatoms. The predicted octanol–water partition coefficient (Wildman–Crippen LogP) is 5.59. The lowest BCUT2D eigenvalue weighted by atomic mass is 9.49. The normalized spacial score (nSPS) is 23.9. The second-order valence-electron chi connectivity index (χ2n) is 18.5. The Labute approximate surface area is 356 Å². The number of imide groups is 1. The largest absolute Gasteiger partial charge is 0.489 e. The third-order valence-electron chi connectivity index (χ3n) is 13.9. The Morgan fingerprint density at radius 1 is 0.918 bits per heavy atom. The Kier molecular flexibility index (Phi) is 10.4. The van der Waals surface area contributed by atoms with Crippen molar-refractivity contribution in [1.29, 1.82) is 0 Å². The van der Waals surface area contributed by atoms with Crippen molar-refractivity contribution in [2.24, 2.45) is 16.7 Å². The average molecular weight is 824 g/mol. The fraction of sp³-hybridized carbons (Fsp3) is 0.468. The quantitative estimate of drug-likeness (QED) is 0.162. The van der Waals surface area contributed by atoms with E-state index < -0.39 is 6.04 Å². The van der Waals surface area contributed by atoms with Gasteiger partial charge >= 0.3 is 0 Å². The number of nitrogens with one attached hydrogen (secondary N) is 2. The Morgan fingerprint density at radius 3 is 2.39 bits per heavy atom. The molecule has 4 aromatic rings. The minimum atomic E-state index is -0.606. The summed E-state index contributed by atoms with van der Waals surface area (Å²) < 4.78 is 6.66. The van der Waals surface area contributed by atoms with Gasteiger partial charge in [-0.3, -0.25) is 34.4 Å². The first kappa shape index (κ1) is 40.3. The standard InChI is InChI=1S/C47H53N9O5/c1-46(2)44(47(3,4)45(46)61-37-13-11-35(48-5)40-34(37)7-6-18-49-40)52-41(58)30-8-14-38(50-26-30)55-19-16-29(17-20-55)27-53-21-23-54(24-22-53)32-9-10-33-31(25-32)28-56(43(33)60)36-12-15-39(57)51-42(36)59/h6-11,13-14,18,25-26,29,36,44-45H,12,15-17,19-24,27-28H2,1-4H3,(H,52,58)(H,51,57,59)/t36-,44?,45?/m0/s1. The highest BCUT2D eigenvalue weighted by Crippen LogP contribution is 2.56. The monoisotopic (exact) mass is 823 g/mol. The number of aromatic nitrogens is 2. The third-order valence-corrected chi connectivity index (χ3v) is 13.9. The van der Waals surface area contributed by atoms with E-state index in [0.29, 0.717) is 47.0 Å². The van der Waals surface area contributed by atoms with E-state index in [9.17, 15) is 19.2 Å². The number of carbonyl (C=O) groups is 4. The van der Waals surface area contributed by atoms with Gasteiger partial charge < -0.3 is 24.8 Å². The van der Waals surface area contributed by atoms with Crippen LogP contribution >= 0.6 is 0 Å². The molecule has 2 N–H and O–H groups in total. The fourth-order valence-electron chi connectivity index (χ4n) is 10.8. The molecule has 6 heterocycles. The summed E-state index contributed by atoms with van der Waals surface area (Å²) in [5, 5.41) is 6.48. The molecule has 316 valence electrons. The van der Waals surface area contributed by atoms with E-state index in [4.69, 9.17) is 16.3 Å². The van der Waals surface area contributed by atoms with Gasteiger partial charge in [0.05, 0.1) is 17.7 Å². The van der Waals surface area contributed by atoms with Crippen LogP contribution in [0.15, 0.2) is 67.0 Å². The number of hydrogen-bond acceptors (Lipinski definition) is 10. The number of rotatable bonds is 9. The molecule has 14 nitrogen and oxygen atoms in total. The van der Waals surface area contributed by atoms with Crippen LogP contribution in [0.25, 0.3) is 15.7 Å². The maximum Gasteiger partial charge on any atom is 0.255 e. The zero-order valence-corrected chi connectivity index (χ0v) is 35.3. The summed E-state index contributed by atoms with van der Waals surface area (Å²) in [7, 11) is 0. The maximum absolute atomic E-state index is 13.6. The van der Waals surface area contributed by atoms with Gasteiger partial charge in [0.2, 0.25) is 17.5 Å². The van der Waals surface area contributed by atoms with Crippen molar-refractivity contribution < 1.29 is 23.9 Å². The highest BCUT2D eigenvalue weighted by molar-refractivity contribution is 6.05. The van der Waals surface area contributed by atoms with Crippen LogP contribution in [0, 0.1) is 23.3 Å². The van der Waals surface area contributed by atoms with Gasteiger partial charge in [-0.2, -0.15) is 0 Å². The maximum atomic E-state index is 13.6. The van der Waals surface area contributed by atoms with Crippen molar-refractivity contribution in [3.05, 3.63) is 95.1 Å². The molecule has 5 aliphatic rings. The van der Waals surface area contributed by atoms with Crippen molar-refractivity contribution in [1.82, 2.24) is 30.4 Å². The number of fused-ring (bicyclic) bond motifs is 2. The number of hydrogen-bond donors (Lipinski definition) is 2. The van der Waals surface area contributed by atoms with Crippen molar-refractivity contribution >= 4 is 51.7 Å². The third kappa shape index (κ3) is 7.43. The van der Waals surface area contributed by atoms with E-state index in [-0.39, 0.29) is 53.0 Å². The number of carbonyl (C=O) groups excluding carboxylic acids is 4. The molecule has 2 aromatic heterocycles. The molecule has 4 amide bonds. The van der Waals surface area contributed by atoms with Crippen LogP contribution in [0.2, 0.25) is 0 Å². The molecule has 1 saturated carbocycles. The highest BCUT2D eigenvalue weighted by Gasteiger charge is 2.64. The predicted molar refractivity (Wildman–Crippen MR) is 232 cm³/mol. The number of nitrogens with zero attached hydrogens (tertiary/aromatic N) is 7. The van der Waals surface area contributed by atoms with Gasteiger partial charge in [0.1, 0.15) is 23.7 Å². The summed E-state index contributed by atoms with van der Waals surface area (Å²) in [4.78, 5) is 72.5. The van der Waals surface area contributed by atoms with Gasteiger partial charge in [-0.05, 0) is 79.3 Å². The van der Waals surface area contributed by atoms with E-state index in [1.165, 1.54) is 0 Å². The van der Waals surface area contributed by atoms with Gasteiger partial charge in [0.25, 0.3) is 11.8 Å². The van der Waals surface area contributed by atoms with Crippen LogP contribution in [-0.2, 0) is 16.1 Å². The zero-order valence-electron chi connectivity index (χ0n) is 35.3. The first-order chi connectivity index (χ1) is 29.3. The molecular weight excluding hydrogens is 771 g/mol. The Bertz CT molecular complexity index is 2410. The van der Waals surface area contributed by atoms with Gasteiger partial charge in [0, 0.05) is 105 Å². The van der Waals surface area contributed by atoms with Crippen LogP contribution in [0.1, 0.15) is 79.7 Å². The van der Waals surface area contributed by atoms with E-state index in [1.54, 1.807) is 23.4 Å². The average Bonchev–Trinajstić information content (AvgIpc) is 3.59. The molecule has 4 fully saturated rings. The summed E-state index contributed by atoms with van der Waals surface area (Å²) in [6.07, 6.45) is 5.96. The molecule has 0 radical (unpaired) electrons. The van der Waals surface area contributed by atoms with Crippen molar-refractivity contribution in [2.45, 2.75) is 78.1 Å². The summed E-state index contributed by atoms with van der Waals surface area (Å²) >= 11 is 0. The minimum Gasteiger partial charge on any atom is -0.489 e. The number of pyridine rings is 2. The Balaban J connectivity index is 0.733. The molecule has 1 aliphatic carbocycles. The van der Waals surface area contributed by atoms with E-state index in [1.807, 2.05) is 42.5 Å². The van der Waals surface area contributed by atoms with E-state index in [2.05, 4.69) is 68.9 Å². The topological polar surface area (TPSA) is 145 Å². The van der Waals surface area contributed by atoms with Crippen LogP contribution in [0.4, 0.5) is 17.2 Å². The summed E-state index contributed by atoms with van der Waals surface area (Å²) in [5.41, 5.74) is 3.59. The van der Waals surface area contributed by atoms with Gasteiger partial charge in [-0.1, -0.05) is 33.8 Å². The number of ether oxygens (including phenoxy) is 1. The Hall–Kier alpha value is -6.07. The van der Waals surface area contributed by atoms with Gasteiger partial charge in [-0.25, -0.2) is 9.83 Å². The van der Waals surface area contributed by atoms with E-state index >= 15 is 0 Å². The number of benzene rings is 2. The minimum absolute atomic E-state index is 0.142. The molecule has 0 unspecified atom stereocenters. The van der Waals surface area contributed by atoms with Crippen LogP contribution in [0.5, 0.6) is 5.75 Å². The number of piperidine rings is 2. The first-order valence-electron chi connectivity index (χ1n) is 21.5. The molecule has 0 bridgehead atoms. The first-order valence-corrected chi connectivity index (χ1v) is 21.5. The zero-order chi connectivity index (χ0) is 42.6. The van der Waals surface area contributed by atoms with Crippen LogP contribution in [0.3, 0.4) is 0 Å². The number of piperazine rings is 1.